The molecule has 0 radical (unpaired) electrons. The first-order valence-corrected chi connectivity index (χ1v) is 2.82. The normalized spacial score (nSPS) is 10.4. The molecule has 10 heavy (non-hydrogen) atoms. The number of nitrogens with zero attached hydrogens (tertiary/aromatic N) is 3. The smallest absolute Gasteiger partial charge is 0.324 e. The van der Waals surface area contributed by atoms with Gasteiger partial charge in [-0.25, -0.2) is 0 Å². The van der Waals surface area contributed by atoms with Gasteiger partial charge in [0.05, 0.1) is 6.20 Å². The van der Waals surface area contributed by atoms with Crippen LogP contribution in [0.15, 0.2) is 23.5 Å². The van der Waals surface area contributed by atoms with Crippen molar-refractivity contribution >= 4 is 11.9 Å². The molecule has 0 aliphatic heterocycles. The van der Waals surface area contributed by atoms with E-state index in [9.17, 15) is 0 Å². The van der Waals surface area contributed by atoms with E-state index in [2.05, 4.69) is 16.7 Å². The van der Waals surface area contributed by atoms with Gasteiger partial charge in [-0.15, -0.1) is 0 Å². The van der Waals surface area contributed by atoms with Crippen LogP contribution in [-0.4, -0.2) is 14.6 Å². The lowest BCUT2D eigenvalue weighted by molar-refractivity contribution is 0.584. The second kappa shape index (κ2) is 1.70. The van der Waals surface area contributed by atoms with Gasteiger partial charge in [0.1, 0.15) is 12.1 Å². The number of rotatable bonds is 1. The molecule has 0 fully saturated rings. The molecule has 0 unspecified atom stereocenters. The highest BCUT2D eigenvalue weighted by molar-refractivity contribution is 5.40. The summed E-state index contributed by atoms with van der Waals surface area (Å²) >= 11 is 0. The summed E-state index contributed by atoms with van der Waals surface area (Å²) < 4.78 is 6.68. The minimum atomic E-state index is 0.495. The topological polar surface area (TPSA) is 43.3 Å². The van der Waals surface area contributed by atoms with Crippen molar-refractivity contribution in [3.8, 4) is 0 Å². The maximum atomic E-state index is 5.13. The fourth-order valence-corrected chi connectivity index (χ4v) is 0.748. The average molecular weight is 135 g/mol. The second-order valence-corrected chi connectivity index (χ2v) is 1.82. The molecule has 0 N–H and O–H groups in total. The van der Waals surface area contributed by atoms with Gasteiger partial charge in [0.25, 0.3) is 0 Å². The molecule has 2 aromatic heterocycles. The maximum Gasteiger partial charge on any atom is 0.324 e. The Kier molecular flexibility index (Phi) is 0.887. The molecule has 0 amide bonds. The zero-order valence-corrected chi connectivity index (χ0v) is 5.19. The van der Waals surface area contributed by atoms with Crippen LogP contribution in [0.3, 0.4) is 0 Å². The number of fused-ring (bicyclic) bond motifs is 1. The van der Waals surface area contributed by atoms with Crippen molar-refractivity contribution in [3.63, 3.8) is 0 Å². The second-order valence-electron chi connectivity index (χ2n) is 1.82. The number of oxazole rings is 1. The molecule has 4 heteroatoms. The highest BCUT2D eigenvalue weighted by Crippen LogP contribution is 2.05. The van der Waals surface area contributed by atoms with Crippen LogP contribution < -0.4 is 0 Å². The fraction of sp³-hybridized carbons (Fsp3) is 0. The molecule has 2 aromatic rings. The summed E-state index contributed by atoms with van der Waals surface area (Å²) in [6.45, 7) is 3.54. The van der Waals surface area contributed by atoms with E-state index in [1.807, 2.05) is 0 Å². The predicted octanol–water partition coefficient (Wildman–Crippen LogP) is 0.965. The lowest BCUT2D eigenvalue weighted by atomic mass is 10.5. The van der Waals surface area contributed by atoms with Crippen molar-refractivity contribution in [3.05, 3.63) is 24.9 Å². The van der Waals surface area contributed by atoms with Gasteiger partial charge in [0.2, 0.25) is 0 Å². The lowest BCUT2D eigenvalue weighted by Crippen LogP contribution is -1.75. The van der Waals surface area contributed by atoms with E-state index in [4.69, 9.17) is 4.42 Å². The molecule has 50 valence electrons. The number of hydrogen-bond donors (Lipinski definition) is 0. The van der Waals surface area contributed by atoms with Crippen LogP contribution in [0.2, 0.25) is 0 Å². The SMILES string of the molecule is C=Cc1cn2ncnc2o1. The van der Waals surface area contributed by atoms with E-state index in [1.54, 1.807) is 16.8 Å². The Morgan fingerprint density at radius 3 is 3.30 bits per heavy atom. The molecule has 2 heterocycles. The molecular formula is C6H5N3O. The molecule has 0 aliphatic carbocycles. The van der Waals surface area contributed by atoms with E-state index in [0.29, 0.717) is 11.6 Å². The zero-order valence-electron chi connectivity index (χ0n) is 5.19. The van der Waals surface area contributed by atoms with Crippen LogP contribution >= 0.6 is 0 Å². The van der Waals surface area contributed by atoms with Gasteiger partial charge in [0.15, 0.2) is 0 Å². The van der Waals surface area contributed by atoms with Gasteiger partial charge in [-0.05, 0) is 6.08 Å². The Morgan fingerprint density at radius 2 is 2.60 bits per heavy atom. The number of hydrogen-bond acceptors (Lipinski definition) is 3. The summed E-state index contributed by atoms with van der Waals surface area (Å²) in [5.74, 6) is 1.17. The van der Waals surface area contributed by atoms with Crippen molar-refractivity contribution in [2.24, 2.45) is 0 Å². The van der Waals surface area contributed by atoms with E-state index < -0.39 is 0 Å². The van der Waals surface area contributed by atoms with Gasteiger partial charge in [-0.1, -0.05) is 6.58 Å². The first kappa shape index (κ1) is 5.22. The van der Waals surface area contributed by atoms with E-state index >= 15 is 0 Å². The molecule has 4 nitrogen and oxygen atoms in total. The largest absolute Gasteiger partial charge is 0.423 e. The molecule has 2 rings (SSSR count). The van der Waals surface area contributed by atoms with Crippen LogP contribution in [0.25, 0.3) is 11.9 Å². The lowest BCUT2D eigenvalue weighted by Gasteiger charge is -1.73. The Morgan fingerprint density at radius 1 is 1.70 bits per heavy atom. The highest BCUT2D eigenvalue weighted by Gasteiger charge is 1.99. The summed E-state index contributed by atoms with van der Waals surface area (Å²) in [5.41, 5.74) is 0. The molecule has 0 saturated heterocycles. The molecular weight excluding hydrogens is 130 g/mol. The Bertz CT molecular complexity index is 331. The predicted molar refractivity (Wildman–Crippen MR) is 35.3 cm³/mol. The van der Waals surface area contributed by atoms with Crippen molar-refractivity contribution in [2.45, 2.75) is 0 Å². The van der Waals surface area contributed by atoms with Crippen LogP contribution in [-0.2, 0) is 0 Å². The van der Waals surface area contributed by atoms with Gasteiger partial charge >= 0.3 is 5.84 Å². The van der Waals surface area contributed by atoms with Crippen molar-refractivity contribution < 1.29 is 4.42 Å². The average Bonchev–Trinajstić information content (AvgIpc) is 2.42. The summed E-state index contributed by atoms with van der Waals surface area (Å²) in [6, 6.07) is 0. The highest BCUT2D eigenvalue weighted by atomic mass is 16.4. The zero-order chi connectivity index (χ0) is 6.97. The molecule has 0 aliphatic rings. The quantitative estimate of drug-likeness (QED) is 0.585. The van der Waals surface area contributed by atoms with E-state index in [0.717, 1.165) is 0 Å². The summed E-state index contributed by atoms with van der Waals surface area (Å²) in [6.07, 6.45) is 4.76. The van der Waals surface area contributed by atoms with Gasteiger partial charge in [-0.2, -0.15) is 14.6 Å². The van der Waals surface area contributed by atoms with Gasteiger partial charge < -0.3 is 4.42 Å². The first-order chi connectivity index (χ1) is 4.90. The third kappa shape index (κ3) is 0.556. The van der Waals surface area contributed by atoms with Crippen molar-refractivity contribution in [2.75, 3.05) is 0 Å². The monoisotopic (exact) mass is 135 g/mol. The summed E-state index contributed by atoms with van der Waals surface area (Å²) in [7, 11) is 0. The molecule has 0 spiro atoms. The summed E-state index contributed by atoms with van der Waals surface area (Å²) in [4.78, 5) is 3.82. The third-order valence-electron chi connectivity index (χ3n) is 1.20. The molecule has 0 bridgehead atoms. The van der Waals surface area contributed by atoms with Crippen LogP contribution in [0, 0.1) is 0 Å². The molecule has 0 atom stereocenters. The summed E-state index contributed by atoms with van der Waals surface area (Å²) in [5, 5.41) is 3.85. The van der Waals surface area contributed by atoms with Gasteiger partial charge in [0, 0.05) is 0 Å². The minimum absolute atomic E-state index is 0.495. The van der Waals surface area contributed by atoms with Crippen LogP contribution in [0.4, 0.5) is 0 Å². The van der Waals surface area contributed by atoms with Gasteiger partial charge in [-0.3, -0.25) is 0 Å². The minimum Gasteiger partial charge on any atom is -0.423 e. The fourth-order valence-electron chi connectivity index (χ4n) is 0.748. The Balaban J connectivity index is 2.78. The van der Waals surface area contributed by atoms with E-state index in [-0.39, 0.29) is 0 Å². The number of aromatic nitrogens is 3. The van der Waals surface area contributed by atoms with E-state index in [1.165, 1.54) is 6.33 Å². The van der Waals surface area contributed by atoms with Crippen molar-refractivity contribution in [1.29, 1.82) is 0 Å². The first-order valence-electron chi connectivity index (χ1n) is 2.82. The maximum absolute atomic E-state index is 5.13. The molecule has 0 saturated carbocycles. The van der Waals surface area contributed by atoms with Crippen LogP contribution in [0.1, 0.15) is 5.76 Å². The molecule has 0 aromatic carbocycles. The van der Waals surface area contributed by atoms with Crippen LogP contribution in [0.5, 0.6) is 0 Å². The Labute approximate surface area is 56.8 Å². The standard InChI is InChI=1S/C6H5N3O/c1-2-5-3-9-6(10-5)7-4-8-9/h2-4H,1H2. The van der Waals surface area contributed by atoms with Crippen molar-refractivity contribution in [1.82, 2.24) is 14.6 Å². The Hall–Kier alpha value is -1.58. The third-order valence-corrected chi connectivity index (χ3v) is 1.20.